The number of anilines is 1. The van der Waals surface area contributed by atoms with E-state index in [1.165, 1.54) is 0 Å². The van der Waals surface area contributed by atoms with E-state index in [1.807, 2.05) is 115 Å². The van der Waals surface area contributed by atoms with E-state index in [1.54, 1.807) is 0 Å². The third-order valence-corrected chi connectivity index (χ3v) is 5.62. The molecule has 0 bridgehead atoms. The summed E-state index contributed by atoms with van der Waals surface area (Å²) in [6.07, 6.45) is 0.572. The van der Waals surface area contributed by atoms with Gasteiger partial charge < -0.3 is 9.84 Å². The van der Waals surface area contributed by atoms with Gasteiger partial charge in [-0.3, -0.25) is 4.79 Å². The van der Waals surface area contributed by atoms with E-state index in [4.69, 9.17) is 4.52 Å². The van der Waals surface area contributed by atoms with E-state index in [2.05, 4.69) is 15.5 Å². The first-order valence-corrected chi connectivity index (χ1v) is 11.1. The highest BCUT2D eigenvalue weighted by Crippen LogP contribution is 2.30. The standard InChI is InChI=1S/C29H23N3O2/c33-28(27(22-14-6-2-7-15-22)23-16-8-3-9-17-23)30-25-19-11-10-18-24(25)29-31-26(32-34-29)20-21-12-4-1-5-13-21/h1-19,27H,20H2,(H,30,33). The highest BCUT2D eigenvalue weighted by atomic mass is 16.5. The molecule has 0 atom stereocenters. The average Bonchev–Trinajstić information content (AvgIpc) is 3.35. The van der Waals surface area contributed by atoms with E-state index in [9.17, 15) is 4.79 Å². The van der Waals surface area contributed by atoms with Crippen molar-refractivity contribution >= 4 is 11.6 Å². The van der Waals surface area contributed by atoms with Crippen LogP contribution in [0, 0.1) is 0 Å². The second kappa shape index (κ2) is 9.96. The van der Waals surface area contributed by atoms with Gasteiger partial charge in [-0.05, 0) is 28.8 Å². The summed E-state index contributed by atoms with van der Waals surface area (Å²) in [5.41, 5.74) is 4.25. The summed E-state index contributed by atoms with van der Waals surface area (Å²) in [7, 11) is 0. The van der Waals surface area contributed by atoms with E-state index < -0.39 is 5.92 Å². The van der Waals surface area contributed by atoms with Gasteiger partial charge in [-0.1, -0.05) is 108 Å². The molecule has 0 radical (unpaired) electrons. The summed E-state index contributed by atoms with van der Waals surface area (Å²) in [6.45, 7) is 0. The fourth-order valence-corrected chi connectivity index (χ4v) is 3.98. The van der Waals surface area contributed by atoms with Crippen LogP contribution < -0.4 is 5.32 Å². The van der Waals surface area contributed by atoms with Crippen LogP contribution in [0.3, 0.4) is 0 Å². The lowest BCUT2D eigenvalue weighted by Crippen LogP contribution is -2.22. The van der Waals surface area contributed by atoms with Crippen molar-refractivity contribution in [3.63, 3.8) is 0 Å². The van der Waals surface area contributed by atoms with Crippen molar-refractivity contribution < 1.29 is 9.32 Å². The van der Waals surface area contributed by atoms with Crippen LogP contribution in [-0.4, -0.2) is 16.0 Å². The van der Waals surface area contributed by atoms with Crippen molar-refractivity contribution in [3.05, 3.63) is 138 Å². The predicted molar refractivity (Wildman–Crippen MR) is 132 cm³/mol. The third kappa shape index (κ3) is 4.79. The van der Waals surface area contributed by atoms with Crippen molar-refractivity contribution in [3.8, 4) is 11.5 Å². The zero-order valence-electron chi connectivity index (χ0n) is 18.5. The van der Waals surface area contributed by atoms with Gasteiger partial charge in [-0.15, -0.1) is 0 Å². The number of nitrogens with zero attached hydrogens (tertiary/aromatic N) is 2. The summed E-state index contributed by atoms with van der Waals surface area (Å²) in [5, 5.41) is 7.24. The monoisotopic (exact) mass is 445 g/mol. The summed E-state index contributed by atoms with van der Waals surface area (Å²) >= 11 is 0. The number of amides is 1. The molecule has 0 saturated heterocycles. The summed E-state index contributed by atoms with van der Waals surface area (Å²) < 4.78 is 5.56. The first-order valence-electron chi connectivity index (χ1n) is 11.1. The molecule has 0 unspecified atom stereocenters. The van der Waals surface area contributed by atoms with Crippen molar-refractivity contribution in [1.82, 2.24) is 10.1 Å². The number of para-hydroxylation sites is 1. The van der Waals surface area contributed by atoms with Gasteiger partial charge in [-0.25, -0.2) is 0 Å². The molecule has 0 spiro atoms. The molecule has 0 aliphatic heterocycles. The molecule has 1 amide bonds. The van der Waals surface area contributed by atoms with E-state index in [0.717, 1.165) is 16.7 Å². The molecule has 1 N–H and O–H groups in total. The van der Waals surface area contributed by atoms with Crippen LogP contribution in [0.2, 0.25) is 0 Å². The quantitative estimate of drug-likeness (QED) is 0.329. The summed E-state index contributed by atoms with van der Waals surface area (Å²) in [6, 6.07) is 37.0. The molecule has 5 heteroatoms. The van der Waals surface area contributed by atoms with Crippen LogP contribution in [0.25, 0.3) is 11.5 Å². The normalized spacial score (nSPS) is 10.9. The van der Waals surface area contributed by atoms with E-state index >= 15 is 0 Å². The topological polar surface area (TPSA) is 68.0 Å². The fraction of sp³-hybridized carbons (Fsp3) is 0.0690. The molecule has 4 aromatic carbocycles. The highest BCUT2D eigenvalue weighted by Gasteiger charge is 2.24. The van der Waals surface area contributed by atoms with Crippen LogP contribution in [0.15, 0.2) is 120 Å². The van der Waals surface area contributed by atoms with Crippen LogP contribution >= 0.6 is 0 Å². The maximum atomic E-state index is 13.6. The Morgan fingerprint density at radius 3 is 1.94 bits per heavy atom. The Morgan fingerprint density at radius 2 is 1.29 bits per heavy atom. The van der Waals surface area contributed by atoms with Crippen molar-refractivity contribution in [1.29, 1.82) is 0 Å². The van der Waals surface area contributed by atoms with Crippen molar-refractivity contribution in [2.75, 3.05) is 5.32 Å². The Kier molecular flexibility index (Phi) is 6.25. The molecule has 1 heterocycles. The minimum absolute atomic E-state index is 0.131. The van der Waals surface area contributed by atoms with Crippen LogP contribution in [-0.2, 0) is 11.2 Å². The molecular formula is C29H23N3O2. The number of carbonyl (C=O) groups is 1. The number of carbonyl (C=O) groups excluding carboxylic acids is 1. The number of benzene rings is 4. The Hall–Kier alpha value is -4.51. The van der Waals surface area contributed by atoms with Crippen LogP contribution in [0.5, 0.6) is 0 Å². The Balaban J connectivity index is 1.43. The number of nitrogens with one attached hydrogen (secondary N) is 1. The molecule has 1 aromatic heterocycles. The number of aromatic nitrogens is 2. The molecule has 0 fully saturated rings. The molecule has 166 valence electrons. The zero-order valence-corrected chi connectivity index (χ0v) is 18.5. The van der Waals surface area contributed by atoms with Crippen molar-refractivity contribution in [2.24, 2.45) is 0 Å². The van der Waals surface area contributed by atoms with Gasteiger partial charge in [0.25, 0.3) is 5.89 Å². The smallest absolute Gasteiger partial charge is 0.260 e. The maximum Gasteiger partial charge on any atom is 0.260 e. The van der Waals surface area contributed by atoms with Gasteiger partial charge in [0.1, 0.15) is 0 Å². The van der Waals surface area contributed by atoms with Gasteiger partial charge in [0.05, 0.1) is 17.2 Å². The second-order valence-corrected chi connectivity index (χ2v) is 7.97. The molecule has 5 nitrogen and oxygen atoms in total. The first kappa shape index (κ1) is 21.3. The SMILES string of the molecule is O=C(Nc1ccccc1-c1nc(Cc2ccccc2)no1)C(c1ccccc1)c1ccccc1. The largest absolute Gasteiger partial charge is 0.334 e. The Bertz CT molecular complexity index is 1330. The van der Waals surface area contributed by atoms with E-state index in [-0.39, 0.29) is 5.91 Å². The molecular weight excluding hydrogens is 422 g/mol. The molecule has 0 aliphatic carbocycles. The van der Waals surface area contributed by atoms with Gasteiger partial charge in [-0.2, -0.15) is 4.98 Å². The summed E-state index contributed by atoms with van der Waals surface area (Å²) in [5.74, 6) is 0.382. The average molecular weight is 446 g/mol. The lowest BCUT2D eigenvalue weighted by atomic mass is 9.90. The van der Waals surface area contributed by atoms with Crippen LogP contribution in [0.1, 0.15) is 28.4 Å². The van der Waals surface area contributed by atoms with Gasteiger partial charge in [0.2, 0.25) is 5.91 Å². The van der Waals surface area contributed by atoms with Gasteiger partial charge in [0, 0.05) is 6.42 Å². The predicted octanol–water partition coefficient (Wildman–Crippen LogP) is 6.10. The number of hydrogen-bond acceptors (Lipinski definition) is 4. The fourth-order valence-electron chi connectivity index (χ4n) is 3.98. The Labute approximate surface area is 198 Å². The lowest BCUT2D eigenvalue weighted by Gasteiger charge is -2.18. The van der Waals surface area contributed by atoms with Crippen molar-refractivity contribution in [2.45, 2.75) is 12.3 Å². The summed E-state index contributed by atoms with van der Waals surface area (Å²) in [4.78, 5) is 18.1. The highest BCUT2D eigenvalue weighted by molar-refractivity contribution is 6.00. The molecule has 34 heavy (non-hydrogen) atoms. The van der Waals surface area contributed by atoms with Gasteiger partial charge >= 0.3 is 0 Å². The maximum absolute atomic E-state index is 13.6. The first-order chi connectivity index (χ1) is 16.8. The van der Waals surface area contributed by atoms with Gasteiger partial charge in [0.15, 0.2) is 5.82 Å². The van der Waals surface area contributed by atoms with Crippen LogP contribution in [0.4, 0.5) is 5.69 Å². The van der Waals surface area contributed by atoms with E-state index in [0.29, 0.717) is 29.4 Å². The zero-order chi connectivity index (χ0) is 23.2. The molecule has 0 saturated carbocycles. The third-order valence-electron chi connectivity index (χ3n) is 5.62. The second-order valence-electron chi connectivity index (χ2n) is 7.97. The Morgan fingerprint density at radius 1 is 0.735 bits per heavy atom. The minimum Gasteiger partial charge on any atom is -0.334 e. The minimum atomic E-state index is -0.452. The molecule has 0 aliphatic rings. The molecule has 5 rings (SSSR count). The number of rotatable bonds is 7. The lowest BCUT2D eigenvalue weighted by molar-refractivity contribution is -0.116. The molecule has 5 aromatic rings. The number of hydrogen-bond donors (Lipinski definition) is 1.